The molecule has 0 atom stereocenters. The molecule has 0 bridgehead atoms. The topological polar surface area (TPSA) is 59.2 Å². The van der Waals surface area contributed by atoms with Crippen molar-refractivity contribution in [3.05, 3.63) is 107 Å². The summed E-state index contributed by atoms with van der Waals surface area (Å²) in [5.74, 6) is 0.276. The van der Waals surface area contributed by atoms with E-state index in [0.717, 1.165) is 16.7 Å². The second-order valence-corrected chi connectivity index (χ2v) is 7.35. The third-order valence-corrected chi connectivity index (χ3v) is 4.91. The van der Waals surface area contributed by atoms with Crippen LogP contribution in [0.3, 0.4) is 0 Å². The van der Waals surface area contributed by atoms with Gasteiger partial charge in [0.1, 0.15) is 5.82 Å². The minimum absolute atomic E-state index is 0.248. The quantitative estimate of drug-likeness (QED) is 0.423. The van der Waals surface area contributed by atoms with Gasteiger partial charge in [-0.05, 0) is 36.8 Å². The van der Waals surface area contributed by atoms with E-state index in [0.29, 0.717) is 36.8 Å². The van der Waals surface area contributed by atoms with Crippen LogP contribution in [0.5, 0.6) is 0 Å². The Labute approximate surface area is 180 Å². The molecule has 1 heterocycles. The molecular weight excluding hydrogens is 393 g/mol. The van der Waals surface area contributed by atoms with Crippen molar-refractivity contribution in [3.8, 4) is 11.4 Å². The highest BCUT2D eigenvalue weighted by atomic mass is 19.1. The number of hydrogen-bond acceptors (Lipinski definition) is 4. The summed E-state index contributed by atoms with van der Waals surface area (Å²) in [5, 5.41) is 4.06. The number of rotatable bonds is 7. The predicted octanol–water partition coefficient (Wildman–Crippen LogP) is 5.07. The number of aryl methyl sites for hydroxylation is 1. The molecule has 4 rings (SSSR count). The van der Waals surface area contributed by atoms with Crippen LogP contribution >= 0.6 is 0 Å². The lowest BCUT2D eigenvalue weighted by atomic mass is 10.1. The van der Waals surface area contributed by atoms with Crippen molar-refractivity contribution in [1.29, 1.82) is 0 Å². The van der Waals surface area contributed by atoms with Gasteiger partial charge in [-0.2, -0.15) is 4.98 Å². The summed E-state index contributed by atoms with van der Waals surface area (Å²) in [4.78, 5) is 19.2. The molecule has 0 radical (unpaired) electrons. The second kappa shape index (κ2) is 9.34. The van der Waals surface area contributed by atoms with Gasteiger partial charge < -0.3 is 9.42 Å². The number of hydrogen-bond donors (Lipinski definition) is 0. The standard InChI is InChI=1S/C25H22FN3O2/c1-18-7-5-10-20(15-18)24-27-23(31-28-24)13-14-29(17-19-8-3-2-4-9-19)25(30)21-11-6-12-22(26)16-21/h2-12,15-16H,13-14,17H2,1H3. The summed E-state index contributed by atoms with van der Waals surface area (Å²) in [6.45, 7) is 2.76. The summed E-state index contributed by atoms with van der Waals surface area (Å²) in [6.07, 6.45) is 0.396. The number of aromatic nitrogens is 2. The van der Waals surface area contributed by atoms with Gasteiger partial charge in [-0.15, -0.1) is 0 Å². The number of halogens is 1. The van der Waals surface area contributed by atoms with Crippen LogP contribution in [0.15, 0.2) is 83.4 Å². The molecule has 31 heavy (non-hydrogen) atoms. The Kier molecular flexibility index (Phi) is 6.17. The van der Waals surface area contributed by atoms with Crippen LogP contribution in [0.25, 0.3) is 11.4 Å². The van der Waals surface area contributed by atoms with E-state index in [9.17, 15) is 9.18 Å². The minimum Gasteiger partial charge on any atom is -0.339 e. The molecule has 5 nitrogen and oxygen atoms in total. The first-order valence-electron chi connectivity index (χ1n) is 10.1. The van der Waals surface area contributed by atoms with E-state index in [4.69, 9.17) is 4.52 Å². The zero-order valence-electron chi connectivity index (χ0n) is 17.2. The average molecular weight is 415 g/mol. The fraction of sp³-hybridized carbons (Fsp3) is 0.160. The molecule has 156 valence electrons. The van der Waals surface area contributed by atoms with Crippen molar-refractivity contribution >= 4 is 5.91 Å². The van der Waals surface area contributed by atoms with Crippen molar-refractivity contribution < 1.29 is 13.7 Å². The van der Waals surface area contributed by atoms with Crippen molar-refractivity contribution in [2.75, 3.05) is 6.54 Å². The maximum absolute atomic E-state index is 13.7. The monoisotopic (exact) mass is 415 g/mol. The van der Waals surface area contributed by atoms with Crippen LogP contribution < -0.4 is 0 Å². The smallest absolute Gasteiger partial charge is 0.254 e. The van der Waals surface area contributed by atoms with E-state index in [-0.39, 0.29) is 5.91 Å². The lowest BCUT2D eigenvalue weighted by Gasteiger charge is -2.22. The van der Waals surface area contributed by atoms with Crippen LogP contribution in [0.2, 0.25) is 0 Å². The van der Waals surface area contributed by atoms with Crippen molar-refractivity contribution in [1.82, 2.24) is 15.0 Å². The SMILES string of the molecule is Cc1cccc(-c2noc(CCN(Cc3ccccc3)C(=O)c3cccc(F)c3)n2)c1. The van der Waals surface area contributed by atoms with E-state index in [1.54, 1.807) is 11.0 Å². The number of carbonyl (C=O) groups is 1. The fourth-order valence-corrected chi connectivity index (χ4v) is 3.35. The molecule has 0 fully saturated rings. The molecular formula is C25H22FN3O2. The van der Waals surface area contributed by atoms with E-state index in [1.165, 1.54) is 18.2 Å². The normalized spacial score (nSPS) is 10.8. The molecule has 0 unspecified atom stereocenters. The molecule has 3 aromatic carbocycles. The van der Waals surface area contributed by atoms with Gasteiger partial charge in [0, 0.05) is 30.6 Å². The minimum atomic E-state index is -0.440. The first kappa shape index (κ1) is 20.5. The third kappa shape index (κ3) is 5.22. The Balaban J connectivity index is 1.51. The van der Waals surface area contributed by atoms with Gasteiger partial charge in [0.2, 0.25) is 11.7 Å². The number of carbonyl (C=O) groups excluding carboxylic acids is 1. The number of amides is 1. The summed E-state index contributed by atoms with van der Waals surface area (Å²) < 4.78 is 19.1. The molecule has 0 saturated heterocycles. The maximum Gasteiger partial charge on any atom is 0.254 e. The Hall–Kier alpha value is -3.80. The Morgan fingerprint density at radius 2 is 1.81 bits per heavy atom. The summed E-state index contributed by atoms with van der Waals surface area (Å²) in [7, 11) is 0. The summed E-state index contributed by atoms with van der Waals surface area (Å²) in [6, 6.07) is 23.3. The van der Waals surface area contributed by atoms with Crippen LogP contribution in [-0.2, 0) is 13.0 Å². The van der Waals surface area contributed by atoms with Gasteiger partial charge in [0.15, 0.2) is 0 Å². The van der Waals surface area contributed by atoms with Crippen LogP contribution in [0.1, 0.15) is 27.4 Å². The summed E-state index contributed by atoms with van der Waals surface area (Å²) >= 11 is 0. The maximum atomic E-state index is 13.7. The Bertz CT molecular complexity index is 1170. The predicted molar refractivity (Wildman–Crippen MR) is 116 cm³/mol. The zero-order valence-corrected chi connectivity index (χ0v) is 17.2. The van der Waals surface area contributed by atoms with Crippen molar-refractivity contribution in [2.24, 2.45) is 0 Å². The van der Waals surface area contributed by atoms with Crippen LogP contribution in [-0.4, -0.2) is 27.5 Å². The summed E-state index contributed by atoms with van der Waals surface area (Å²) in [5.41, 5.74) is 3.28. The Morgan fingerprint density at radius 3 is 2.58 bits per heavy atom. The van der Waals surface area contributed by atoms with Gasteiger partial charge in [-0.25, -0.2) is 4.39 Å². The molecule has 0 N–H and O–H groups in total. The van der Waals surface area contributed by atoms with E-state index < -0.39 is 5.82 Å². The Morgan fingerprint density at radius 1 is 1.00 bits per heavy atom. The van der Waals surface area contributed by atoms with Gasteiger partial charge in [0.05, 0.1) is 0 Å². The highest BCUT2D eigenvalue weighted by molar-refractivity contribution is 5.94. The lowest BCUT2D eigenvalue weighted by Crippen LogP contribution is -2.32. The molecule has 0 spiro atoms. The highest BCUT2D eigenvalue weighted by Crippen LogP contribution is 2.18. The molecule has 1 aromatic heterocycles. The molecule has 0 aliphatic carbocycles. The lowest BCUT2D eigenvalue weighted by molar-refractivity contribution is 0.0741. The molecule has 0 saturated carbocycles. The van der Waals surface area contributed by atoms with Crippen LogP contribution in [0.4, 0.5) is 4.39 Å². The van der Waals surface area contributed by atoms with Crippen LogP contribution in [0, 0.1) is 12.7 Å². The fourth-order valence-electron chi connectivity index (χ4n) is 3.35. The van der Waals surface area contributed by atoms with E-state index in [2.05, 4.69) is 10.1 Å². The number of benzene rings is 3. The van der Waals surface area contributed by atoms with Crippen molar-refractivity contribution in [3.63, 3.8) is 0 Å². The molecule has 4 aromatic rings. The van der Waals surface area contributed by atoms with Gasteiger partial charge >= 0.3 is 0 Å². The zero-order chi connectivity index (χ0) is 21.6. The molecule has 0 aliphatic heterocycles. The largest absolute Gasteiger partial charge is 0.339 e. The second-order valence-electron chi connectivity index (χ2n) is 7.35. The van der Waals surface area contributed by atoms with Gasteiger partial charge in [-0.1, -0.05) is 65.3 Å². The molecule has 6 heteroatoms. The average Bonchev–Trinajstić information content (AvgIpc) is 3.26. The first-order valence-corrected chi connectivity index (χ1v) is 10.1. The molecule has 1 amide bonds. The van der Waals surface area contributed by atoms with Gasteiger partial charge in [0.25, 0.3) is 5.91 Å². The molecule has 0 aliphatic rings. The van der Waals surface area contributed by atoms with Crippen molar-refractivity contribution in [2.45, 2.75) is 19.9 Å². The van der Waals surface area contributed by atoms with Gasteiger partial charge in [-0.3, -0.25) is 4.79 Å². The number of nitrogens with zero attached hydrogens (tertiary/aromatic N) is 3. The van der Waals surface area contributed by atoms with E-state index in [1.807, 2.05) is 61.5 Å². The first-order chi connectivity index (χ1) is 15.1. The third-order valence-electron chi connectivity index (χ3n) is 4.91. The highest BCUT2D eigenvalue weighted by Gasteiger charge is 2.18. The van der Waals surface area contributed by atoms with E-state index >= 15 is 0 Å².